The summed E-state index contributed by atoms with van der Waals surface area (Å²) in [6.45, 7) is 0.741. The molecule has 1 aromatic carbocycles. The van der Waals surface area contributed by atoms with E-state index in [1.165, 1.54) is 0 Å². The summed E-state index contributed by atoms with van der Waals surface area (Å²) < 4.78 is 5.34. The Morgan fingerprint density at radius 2 is 2.14 bits per heavy atom. The van der Waals surface area contributed by atoms with E-state index in [2.05, 4.69) is 0 Å². The molecule has 1 aliphatic rings. The molecule has 0 aliphatic carbocycles. The number of rotatable bonds is 3. The summed E-state index contributed by atoms with van der Waals surface area (Å²) in [4.78, 5) is 11.7. The number of hydrogen-bond donors (Lipinski definition) is 0. The highest BCUT2D eigenvalue weighted by atomic mass is 16.5. The average molecular weight is 190 g/mol. The molecule has 1 atom stereocenters. The highest BCUT2D eigenvalue weighted by Crippen LogP contribution is 2.15. The summed E-state index contributed by atoms with van der Waals surface area (Å²) in [5, 5.41) is 0. The van der Waals surface area contributed by atoms with E-state index in [0.29, 0.717) is 6.42 Å². The normalized spacial score (nSPS) is 21.0. The summed E-state index contributed by atoms with van der Waals surface area (Å²) in [6, 6.07) is 9.83. The Bertz CT molecular complexity index is 299. The number of carbonyl (C=O) groups is 1. The second-order valence-corrected chi connectivity index (χ2v) is 3.63. The van der Waals surface area contributed by atoms with Crippen molar-refractivity contribution < 1.29 is 9.53 Å². The van der Waals surface area contributed by atoms with Gasteiger partial charge in [-0.1, -0.05) is 30.3 Å². The van der Waals surface area contributed by atoms with Gasteiger partial charge >= 0.3 is 0 Å². The van der Waals surface area contributed by atoms with Crippen LogP contribution in [-0.4, -0.2) is 18.5 Å². The van der Waals surface area contributed by atoms with Crippen molar-refractivity contribution >= 4 is 5.78 Å². The van der Waals surface area contributed by atoms with Crippen molar-refractivity contribution in [3.63, 3.8) is 0 Å². The maximum Gasteiger partial charge on any atom is 0.165 e. The second-order valence-electron chi connectivity index (χ2n) is 3.63. The van der Waals surface area contributed by atoms with Crippen molar-refractivity contribution in [1.82, 2.24) is 0 Å². The molecular weight excluding hydrogens is 176 g/mol. The Morgan fingerprint density at radius 1 is 1.36 bits per heavy atom. The fourth-order valence-corrected chi connectivity index (χ4v) is 1.74. The third kappa shape index (κ3) is 2.20. The van der Waals surface area contributed by atoms with Crippen molar-refractivity contribution in [2.75, 3.05) is 6.61 Å². The van der Waals surface area contributed by atoms with Gasteiger partial charge in [-0.25, -0.2) is 0 Å². The van der Waals surface area contributed by atoms with Gasteiger partial charge in [0, 0.05) is 13.0 Å². The van der Waals surface area contributed by atoms with E-state index in [1.807, 2.05) is 30.3 Å². The largest absolute Gasteiger partial charge is 0.370 e. The maximum absolute atomic E-state index is 11.7. The zero-order valence-corrected chi connectivity index (χ0v) is 8.11. The van der Waals surface area contributed by atoms with Crippen LogP contribution >= 0.6 is 0 Å². The standard InChI is InChI=1S/C12H14O2/c13-11(12-7-4-8-14-12)9-10-5-2-1-3-6-10/h1-3,5-6,12H,4,7-9H2/t12-/m0/s1. The van der Waals surface area contributed by atoms with Crippen LogP contribution in [0.5, 0.6) is 0 Å². The molecule has 2 rings (SSSR count). The van der Waals surface area contributed by atoms with Crippen molar-refractivity contribution in [2.24, 2.45) is 0 Å². The van der Waals surface area contributed by atoms with Crippen LogP contribution in [0.15, 0.2) is 30.3 Å². The summed E-state index contributed by atoms with van der Waals surface area (Å²) in [7, 11) is 0. The Balaban J connectivity index is 1.94. The Labute approximate surface area is 83.9 Å². The minimum atomic E-state index is -0.143. The van der Waals surface area contributed by atoms with Gasteiger partial charge in [-0.2, -0.15) is 0 Å². The predicted molar refractivity (Wildman–Crippen MR) is 54.1 cm³/mol. The van der Waals surface area contributed by atoms with Crippen LogP contribution in [0.3, 0.4) is 0 Å². The number of carbonyl (C=O) groups excluding carboxylic acids is 1. The zero-order chi connectivity index (χ0) is 9.80. The van der Waals surface area contributed by atoms with Crippen molar-refractivity contribution in [2.45, 2.75) is 25.4 Å². The molecule has 14 heavy (non-hydrogen) atoms. The first-order valence-electron chi connectivity index (χ1n) is 5.04. The molecule has 1 heterocycles. The lowest BCUT2D eigenvalue weighted by atomic mass is 10.0. The van der Waals surface area contributed by atoms with E-state index in [4.69, 9.17) is 4.74 Å². The molecule has 74 valence electrons. The Kier molecular flexibility index (Phi) is 2.94. The molecule has 0 spiro atoms. The molecule has 0 N–H and O–H groups in total. The predicted octanol–water partition coefficient (Wildman–Crippen LogP) is 1.98. The number of Topliss-reactive ketones (excluding diaryl/α,β-unsaturated/α-hetero) is 1. The van der Waals surface area contributed by atoms with Gasteiger partial charge < -0.3 is 4.74 Å². The van der Waals surface area contributed by atoms with E-state index < -0.39 is 0 Å². The molecule has 1 aliphatic heterocycles. The van der Waals surface area contributed by atoms with Gasteiger partial charge in [0.25, 0.3) is 0 Å². The van der Waals surface area contributed by atoms with Crippen molar-refractivity contribution in [1.29, 1.82) is 0 Å². The highest BCUT2D eigenvalue weighted by Gasteiger charge is 2.22. The van der Waals surface area contributed by atoms with Crippen LogP contribution in [-0.2, 0) is 16.0 Å². The van der Waals surface area contributed by atoms with Crippen molar-refractivity contribution in [3.05, 3.63) is 35.9 Å². The number of ketones is 1. The molecule has 0 unspecified atom stereocenters. The van der Waals surface area contributed by atoms with Crippen LogP contribution in [0.1, 0.15) is 18.4 Å². The summed E-state index contributed by atoms with van der Waals surface area (Å²) in [5.41, 5.74) is 1.08. The molecule has 0 amide bonds. The fraction of sp³-hybridized carbons (Fsp3) is 0.417. The second kappa shape index (κ2) is 4.38. The first kappa shape index (κ1) is 9.41. The lowest BCUT2D eigenvalue weighted by molar-refractivity contribution is -0.127. The lowest BCUT2D eigenvalue weighted by Gasteiger charge is -2.07. The van der Waals surface area contributed by atoms with Gasteiger partial charge in [0.2, 0.25) is 0 Å². The summed E-state index contributed by atoms with van der Waals surface area (Å²) in [6.07, 6.45) is 2.28. The van der Waals surface area contributed by atoms with E-state index in [1.54, 1.807) is 0 Å². The summed E-state index contributed by atoms with van der Waals surface area (Å²) >= 11 is 0. The van der Waals surface area contributed by atoms with Gasteiger partial charge in [-0.05, 0) is 18.4 Å². The van der Waals surface area contributed by atoms with Crippen molar-refractivity contribution in [3.8, 4) is 0 Å². The van der Waals surface area contributed by atoms with Crippen LogP contribution < -0.4 is 0 Å². The van der Waals surface area contributed by atoms with Crippen LogP contribution in [0, 0.1) is 0 Å². The molecule has 2 nitrogen and oxygen atoms in total. The minimum Gasteiger partial charge on any atom is -0.370 e. The van der Waals surface area contributed by atoms with E-state index in [0.717, 1.165) is 25.0 Å². The van der Waals surface area contributed by atoms with E-state index >= 15 is 0 Å². The third-order valence-electron chi connectivity index (χ3n) is 2.51. The van der Waals surface area contributed by atoms with E-state index in [-0.39, 0.29) is 11.9 Å². The first-order chi connectivity index (χ1) is 6.86. The zero-order valence-electron chi connectivity index (χ0n) is 8.11. The Hall–Kier alpha value is -1.15. The first-order valence-corrected chi connectivity index (χ1v) is 5.04. The van der Waals surface area contributed by atoms with Gasteiger partial charge in [0.05, 0.1) is 0 Å². The smallest absolute Gasteiger partial charge is 0.165 e. The topological polar surface area (TPSA) is 26.3 Å². The van der Waals surface area contributed by atoms with Gasteiger partial charge in [0.15, 0.2) is 5.78 Å². The van der Waals surface area contributed by atoms with E-state index in [9.17, 15) is 4.79 Å². The summed E-state index contributed by atoms with van der Waals surface area (Å²) in [5.74, 6) is 0.216. The highest BCUT2D eigenvalue weighted by molar-refractivity contribution is 5.85. The number of benzene rings is 1. The molecular formula is C12H14O2. The monoisotopic (exact) mass is 190 g/mol. The van der Waals surface area contributed by atoms with Gasteiger partial charge in [-0.15, -0.1) is 0 Å². The molecule has 1 saturated heterocycles. The number of hydrogen-bond acceptors (Lipinski definition) is 2. The average Bonchev–Trinajstić information content (AvgIpc) is 2.72. The van der Waals surface area contributed by atoms with Crippen LogP contribution in [0.2, 0.25) is 0 Å². The fourth-order valence-electron chi connectivity index (χ4n) is 1.74. The maximum atomic E-state index is 11.7. The molecule has 0 bridgehead atoms. The van der Waals surface area contributed by atoms with Gasteiger partial charge in [0.1, 0.15) is 6.10 Å². The van der Waals surface area contributed by atoms with Gasteiger partial charge in [-0.3, -0.25) is 4.79 Å². The lowest BCUT2D eigenvalue weighted by Crippen LogP contribution is -2.21. The van der Waals surface area contributed by atoms with Crippen LogP contribution in [0.4, 0.5) is 0 Å². The molecule has 2 heteroatoms. The molecule has 0 aromatic heterocycles. The Morgan fingerprint density at radius 3 is 2.79 bits per heavy atom. The number of ether oxygens (including phenoxy) is 1. The molecule has 1 fully saturated rings. The quantitative estimate of drug-likeness (QED) is 0.728. The third-order valence-corrected chi connectivity index (χ3v) is 2.51. The van der Waals surface area contributed by atoms with Crippen LogP contribution in [0.25, 0.3) is 0 Å². The SMILES string of the molecule is O=C(Cc1ccccc1)[C@@H]1CCCO1. The molecule has 1 aromatic rings. The molecule has 0 saturated carbocycles. The minimum absolute atomic E-state index is 0.143. The molecule has 0 radical (unpaired) electrons.